The summed E-state index contributed by atoms with van der Waals surface area (Å²) in [6.45, 7) is 7.20. The van der Waals surface area contributed by atoms with E-state index in [1.54, 1.807) is 5.56 Å². The van der Waals surface area contributed by atoms with Crippen molar-refractivity contribution in [2.45, 2.75) is 46.0 Å². The molecule has 2 aliphatic carbocycles. The van der Waals surface area contributed by atoms with Crippen molar-refractivity contribution >= 4 is 5.71 Å². The highest BCUT2D eigenvalue weighted by Crippen LogP contribution is 2.53. The molecular formula is C18H25N. The molecule has 0 aliphatic heterocycles. The molecule has 3 atom stereocenters. The normalized spacial score (nSPS) is 32.2. The SMILES string of the molecule is CN=C1c2ccccc2C2CCCC(C(C)(C)C)C12. The standard InChI is InChI=1S/C18H25N/c1-18(2,3)15-11-7-10-13-12-8-5-6-9-14(12)17(19-4)16(13)15/h5-6,8-9,13,15-16H,7,10-11H2,1-4H3. The van der Waals surface area contributed by atoms with Gasteiger partial charge in [0.1, 0.15) is 0 Å². The van der Waals surface area contributed by atoms with Crippen molar-refractivity contribution in [3.8, 4) is 0 Å². The molecule has 0 radical (unpaired) electrons. The summed E-state index contributed by atoms with van der Waals surface area (Å²) in [5.74, 6) is 2.13. The maximum Gasteiger partial charge on any atom is 0.0459 e. The zero-order valence-electron chi connectivity index (χ0n) is 12.6. The summed E-state index contributed by atoms with van der Waals surface area (Å²) in [5.41, 5.74) is 4.74. The number of rotatable bonds is 0. The van der Waals surface area contributed by atoms with Crippen LogP contribution in [0.25, 0.3) is 0 Å². The van der Waals surface area contributed by atoms with Crippen LogP contribution >= 0.6 is 0 Å². The van der Waals surface area contributed by atoms with Crippen LogP contribution < -0.4 is 0 Å². The molecule has 1 fully saturated rings. The van der Waals surface area contributed by atoms with Crippen LogP contribution in [0.5, 0.6) is 0 Å². The monoisotopic (exact) mass is 255 g/mol. The van der Waals surface area contributed by atoms with E-state index in [9.17, 15) is 0 Å². The molecule has 0 amide bonds. The van der Waals surface area contributed by atoms with Crippen molar-refractivity contribution in [3.63, 3.8) is 0 Å². The van der Waals surface area contributed by atoms with Crippen molar-refractivity contribution < 1.29 is 0 Å². The number of hydrogen-bond acceptors (Lipinski definition) is 1. The Hall–Kier alpha value is -1.11. The van der Waals surface area contributed by atoms with Crippen molar-refractivity contribution in [1.29, 1.82) is 0 Å². The summed E-state index contributed by atoms with van der Waals surface area (Å²) in [5, 5.41) is 0. The zero-order chi connectivity index (χ0) is 13.6. The second kappa shape index (κ2) is 4.47. The second-order valence-corrected chi connectivity index (χ2v) is 7.23. The van der Waals surface area contributed by atoms with Crippen molar-refractivity contribution in [2.75, 3.05) is 7.05 Å². The molecule has 0 spiro atoms. The van der Waals surface area contributed by atoms with E-state index in [0.29, 0.717) is 17.3 Å². The number of nitrogens with zero attached hydrogens (tertiary/aromatic N) is 1. The Morgan fingerprint density at radius 3 is 2.53 bits per heavy atom. The first-order chi connectivity index (χ1) is 9.04. The number of hydrogen-bond donors (Lipinski definition) is 0. The Bertz CT molecular complexity index is 507. The highest BCUT2D eigenvalue weighted by atomic mass is 14.7. The third kappa shape index (κ3) is 1.94. The molecule has 3 unspecified atom stereocenters. The van der Waals surface area contributed by atoms with Gasteiger partial charge in [0.2, 0.25) is 0 Å². The first-order valence-corrected chi connectivity index (χ1v) is 7.60. The predicted molar refractivity (Wildman–Crippen MR) is 81.9 cm³/mol. The molecule has 2 aliphatic rings. The van der Waals surface area contributed by atoms with E-state index in [2.05, 4.69) is 45.0 Å². The lowest BCUT2D eigenvalue weighted by atomic mass is 9.62. The average Bonchev–Trinajstić information content (AvgIpc) is 2.71. The fraction of sp³-hybridized carbons (Fsp3) is 0.611. The Morgan fingerprint density at radius 1 is 1.11 bits per heavy atom. The minimum absolute atomic E-state index is 0.376. The van der Waals surface area contributed by atoms with Gasteiger partial charge in [-0.3, -0.25) is 4.99 Å². The van der Waals surface area contributed by atoms with E-state index in [4.69, 9.17) is 4.99 Å². The van der Waals surface area contributed by atoms with Gasteiger partial charge in [-0.25, -0.2) is 0 Å². The lowest BCUT2D eigenvalue weighted by Crippen LogP contribution is -2.36. The molecule has 3 rings (SSSR count). The van der Waals surface area contributed by atoms with Crippen LogP contribution in [-0.2, 0) is 0 Å². The third-order valence-corrected chi connectivity index (χ3v) is 5.20. The molecule has 0 saturated heterocycles. The molecule has 1 aromatic carbocycles. The van der Waals surface area contributed by atoms with E-state index in [0.717, 1.165) is 5.92 Å². The molecule has 0 N–H and O–H groups in total. The van der Waals surface area contributed by atoms with Crippen LogP contribution in [0.15, 0.2) is 29.3 Å². The fourth-order valence-electron chi connectivity index (χ4n) is 4.40. The van der Waals surface area contributed by atoms with Crippen LogP contribution in [0.2, 0.25) is 0 Å². The minimum atomic E-state index is 0.376. The largest absolute Gasteiger partial charge is 0.292 e. The Kier molecular flexibility index (Phi) is 3.03. The molecule has 102 valence electrons. The Labute approximate surface area is 117 Å². The maximum absolute atomic E-state index is 4.69. The average molecular weight is 255 g/mol. The van der Waals surface area contributed by atoms with Crippen LogP contribution in [0.4, 0.5) is 0 Å². The first kappa shape index (κ1) is 12.9. The van der Waals surface area contributed by atoms with Crippen molar-refractivity contribution in [1.82, 2.24) is 0 Å². The molecule has 1 nitrogen and oxygen atoms in total. The summed E-state index contributed by atoms with van der Waals surface area (Å²) in [6.07, 6.45) is 4.07. The fourth-order valence-corrected chi connectivity index (χ4v) is 4.40. The van der Waals surface area contributed by atoms with Gasteiger partial charge in [-0.15, -0.1) is 0 Å². The molecule has 0 heterocycles. The van der Waals surface area contributed by atoms with Gasteiger partial charge in [-0.1, -0.05) is 51.5 Å². The van der Waals surface area contributed by atoms with E-state index in [-0.39, 0.29) is 0 Å². The Balaban J connectivity index is 2.10. The summed E-state index contributed by atoms with van der Waals surface area (Å²) in [6, 6.07) is 8.95. The van der Waals surface area contributed by atoms with Gasteiger partial charge in [-0.05, 0) is 41.2 Å². The number of benzene rings is 1. The van der Waals surface area contributed by atoms with Gasteiger partial charge < -0.3 is 0 Å². The zero-order valence-corrected chi connectivity index (χ0v) is 12.6. The molecule has 1 saturated carbocycles. The van der Waals surface area contributed by atoms with Gasteiger partial charge in [0.25, 0.3) is 0 Å². The smallest absolute Gasteiger partial charge is 0.0459 e. The van der Waals surface area contributed by atoms with Crippen molar-refractivity contribution in [3.05, 3.63) is 35.4 Å². The van der Waals surface area contributed by atoms with Gasteiger partial charge >= 0.3 is 0 Å². The van der Waals surface area contributed by atoms with E-state index >= 15 is 0 Å². The van der Waals surface area contributed by atoms with E-state index in [1.165, 1.54) is 30.5 Å². The van der Waals surface area contributed by atoms with E-state index < -0.39 is 0 Å². The highest BCUT2D eigenvalue weighted by molar-refractivity contribution is 6.07. The summed E-state index contributed by atoms with van der Waals surface area (Å²) < 4.78 is 0. The quantitative estimate of drug-likeness (QED) is 0.639. The van der Waals surface area contributed by atoms with Crippen LogP contribution in [0.3, 0.4) is 0 Å². The van der Waals surface area contributed by atoms with E-state index in [1.807, 2.05) is 7.05 Å². The number of fused-ring (bicyclic) bond motifs is 3. The lowest BCUT2D eigenvalue weighted by Gasteiger charge is -2.42. The lowest BCUT2D eigenvalue weighted by molar-refractivity contribution is 0.133. The van der Waals surface area contributed by atoms with Gasteiger partial charge in [0.05, 0.1) is 0 Å². The second-order valence-electron chi connectivity index (χ2n) is 7.23. The molecule has 0 aromatic heterocycles. The topological polar surface area (TPSA) is 12.4 Å². The molecule has 1 aromatic rings. The molecule has 19 heavy (non-hydrogen) atoms. The summed E-state index contributed by atoms with van der Waals surface area (Å²) in [7, 11) is 1.98. The molecule has 0 bridgehead atoms. The van der Waals surface area contributed by atoms with Crippen LogP contribution in [0.1, 0.15) is 57.1 Å². The Morgan fingerprint density at radius 2 is 1.84 bits per heavy atom. The third-order valence-electron chi connectivity index (χ3n) is 5.20. The number of aliphatic imine (C=N–C) groups is 1. The highest BCUT2D eigenvalue weighted by Gasteiger charge is 2.47. The van der Waals surface area contributed by atoms with Gasteiger partial charge in [-0.2, -0.15) is 0 Å². The van der Waals surface area contributed by atoms with Gasteiger partial charge in [0, 0.05) is 18.7 Å². The summed E-state index contributed by atoms with van der Waals surface area (Å²) >= 11 is 0. The first-order valence-electron chi connectivity index (χ1n) is 7.60. The predicted octanol–water partition coefficient (Wildman–Crippen LogP) is 4.67. The van der Waals surface area contributed by atoms with Crippen LogP contribution in [0, 0.1) is 17.3 Å². The summed E-state index contributed by atoms with van der Waals surface area (Å²) in [4.78, 5) is 4.69. The minimum Gasteiger partial charge on any atom is -0.292 e. The maximum atomic E-state index is 4.69. The van der Waals surface area contributed by atoms with Crippen molar-refractivity contribution in [2.24, 2.45) is 22.2 Å². The molecule has 1 heteroatoms. The van der Waals surface area contributed by atoms with Crippen LogP contribution in [-0.4, -0.2) is 12.8 Å². The molecular weight excluding hydrogens is 230 g/mol. The van der Waals surface area contributed by atoms with Gasteiger partial charge in [0.15, 0.2) is 0 Å².